The second-order valence-corrected chi connectivity index (χ2v) is 6.04. The highest BCUT2D eigenvalue weighted by atomic mass is 19.3. The zero-order valence-corrected chi connectivity index (χ0v) is 15.6. The number of carbonyl (C=O) groups is 1. The minimum Gasteiger partial charge on any atom is -0.493 e. The molecule has 0 spiro atoms. The number of hydrogen-bond donors (Lipinski definition) is 1. The molecule has 164 valence electrons. The summed E-state index contributed by atoms with van der Waals surface area (Å²) in [4.78, 5) is 12.4. The highest BCUT2D eigenvalue weighted by Crippen LogP contribution is 2.29. The van der Waals surface area contributed by atoms with E-state index in [2.05, 4.69) is 15.2 Å². The molecule has 3 aromatic rings. The molecule has 12 heteroatoms. The standard InChI is InChI=1S/C19H13F6N3O3/c1-30-14-6-9(2-3-13(14)31-19(24)25)18(29)26-15-4-5-28(27-15)8-10-16(22)11(20)7-12(21)17(10)23/h2-7,19H,8H2,1H3,(H,26,27,29). The maximum atomic E-state index is 13.8. The molecule has 0 unspecified atom stereocenters. The highest BCUT2D eigenvalue weighted by Gasteiger charge is 2.20. The molecule has 1 heterocycles. The number of hydrogen-bond acceptors (Lipinski definition) is 4. The number of ether oxygens (including phenoxy) is 2. The van der Waals surface area contributed by atoms with Crippen LogP contribution in [0.2, 0.25) is 0 Å². The van der Waals surface area contributed by atoms with Gasteiger partial charge in [0.1, 0.15) is 0 Å². The average molecular weight is 445 g/mol. The van der Waals surface area contributed by atoms with Gasteiger partial charge in [0.15, 0.2) is 40.6 Å². The van der Waals surface area contributed by atoms with Crippen LogP contribution in [0, 0.1) is 23.3 Å². The van der Waals surface area contributed by atoms with Gasteiger partial charge in [-0.3, -0.25) is 9.48 Å². The molecule has 1 amide bonds. The molecule has 0 radical (unpaired) electrons. The van der Waals surface area contributed by atoms with Crippen LogP contribution in [0.5, 0.6) is 11.5 Å². The summed E-state index contributed by atoms with van der Waals surface area (Å²) >= 11 is 0. The Labute approximate surface area is 171 Å². The summed E-state index contributed by atoms with van der Waals surface area (Å²) in [6.07, 6.45) is 1.22. The lowest BCUT2D eigenvalue weighted by molar-refractivity contribution is -0.0512. The van der Waals surface area contributed by atoms with Crippen LogP contribution in [-0.4, -0.2) is 29.4 Å². The van der Waals surface area contributed by atoms with Crippen LogP contribution in [0.3, 0.4) is 0 Å². The second kappa shape index (κ2) is 8.98. The lowest BCUT2D eigenvalue weighted by Gasteiger charge is -2.11. The molecule has 0 bridgehead atoms. The molecular formula is C19H13F6N3O3. The predicted octanol–water partition coefficient (Wildman–Crippen LogP) is 4.35. The van der Waals surface area contributed by atoms with E-state index in [0.29, 0.717) is 0 Å². The van der Waals surface area contributed by atoms with Gasteiger partial charge in [-0.1, -0.05) is 0 Å². The molecule has 0 fully saturated rings. The summed E-state index contributed by atoms with van der Waals surface area (Å²) < 4.78 is 89.1. The first-order chi connectivity index (χ1) is 14.7. The summed E-state index contributed by atoms with van der Waals surface area (Å²) in [7, 11) is 1.20. The normalized spacial score (nSPS) is 11.0. The van der Waals surface area contributed by atoms with Crippen molar-refractivity contribution in [1.82, 2.24) is 9.78 Å². The van der Waals surface area contributed by atoms with Crippen LogP contribution < -0.4 is 14.8 Å². The van der Waals surface area contributed by atoms with Crippen molar-refractivity contribution in [2.45, 2.75) is 13.2 Å². The van der Waals surface area contributed by atoms with E-state index in [1.165, 1.54) is 25.4 Å². The van der Waals surface area contributed by atoms with Gasteiger partial charge in [-0.25, -0.2) is 17.6 Å². The van der Waals surface area contributed by atoms with E-state index in [-0.39, 0.29) is 28.9 Å². The average Bonchev–Trinajstić information content (AvgIpc) is 3.16. The quantitative estimate of drug-likeness (QED) is 0.434. The second-order valence-electron chi connectivity index (χ2n) is 6.04. The number of nitrogens with zero attached hydrogens (tertiary/aromatic N) is 2. The first-order valence-corrected chi connectivity index (χ1v) is 8.49. The van der Waals surface area contributed by atoms with E-state index in [1.807, 2.05) is 0 Å². The van der Waals surface area contributed by atoms with E-state index in [4.69, 9.17) is 4.74 Å². The van der Waals surface area contributed by atoms with Crippen molar-refractivity contribution in [3.8, 4) is 11.5 Å². The maximum absolute atomic E-state index is 13.8. The predicted molar refractivity (Wildman–Crippen MR) is 95.2 cm³/mol. The molecule has 0 saturated carbocycles. The third-order valence-corrected chi connectivity index (χ3v) is 4.05. The molecule has 0 atom stereocenters. The van der Waals surface area contributed by atoms with E-state index in [9.17, 15) is 31.1 Å². The van der Waals surface area contributed by atoms with Crippen molar-refractivity contribution < 1.29 is 40.6 Å². The van der Waals surface area contributed by atoms with Gasteiger partial charge in [-0.15, -0.1) is 0 Å². The van der Waals surface area contributed by atoms with Gasteiger partial charge in [0.05, 0.1) is 19.2 Å². The number of carbonyl (C=O) groups excluding carboxylic acids is 1. The highest BCUT2D eigenvalue weighted by molar-refractivity contribution is 6.04. The lowest BCUT2D eigenvalue weighted by atomic mass is 10.2. The summed E-state index contributed by atoms with van der Waals surface area (Å²) in [5.41, 5.74) is -0.866. The van der Waals surface area contributed by atoms with Crippen LogP contribution in [0.4, 0.5) is 32.2 Å². The van der Waals surface area contributed by atoms with Gasteiger partial charge in [0.25, 0.3) is 5.91 Å². The third kappa shape index (κ3) is 4.90. The lowest BCUT2D eigenvalue weighted by Crippen LogP contribution is -2.14. The minimum absolute atomic E-state index is 0.0114. The maximum Gasteiger partial charge on any atom is 0.387 e. The molecule has 0 aliphatic rings. The zero-order chi connectivity index (χ0) is 22.7. The Morgan fingerprint density at radius 2 is 1.74 bits per heavy atom. The first-order valence-electron chi connectivity index (χ1n) is 8.49. The van der Waals surface area contributed by atoms with Gasteiger partial charge in [0, 0.05) is 23.9 Å². The fourth-order valence-electron chi connectivity index (χ4n) is 2.63. The molecule has 0 aliphatic heterocycles. The smallest absolute Gasteiger partial charge is 0.387 e. The number of anilines is 1. The largest absolute Gasteiger partial charge is 0.493 e. The van der Waals surface area contributed by atoms with Gasteiger partial charge in [-0.2, -0.15) is 13.9 Å². The molecule has 1 N–H and O–H groups in total. The topological polar surface area (TPSA) is 65.4 Å². The van der Waals surface area contributed by atoms with Crippen LogP contribution in [-0.2, 0) is 6.54 Å². The minimum atomic E-state index is -3.08. The van der Waals surface area contributed by atoms with Gasteiger partial charge >= 0.3 is 6.61 Å². The SMILES string of the molecule is COc1cc(C(=O)Nc2ccn(Cc3c(F)c(F)cc(F)c3F)n2)ccc1OC(F)F. The van der Waals surface area contributed by atoms with Gasteiger partial charge in [0.2, 0.25) is 0 Å². The Balaban J connectivity index is 1.75. The zero-order valence-electron chi connectivity index (χ0n) is 15.6. The Bertz CT molecular complexity index is 1090. The number of benzene rings is 2. The Hall–Kier alpha value is -3.70. The molecule has 0 saturated heterocycles. The van der Waals surface area contributed by atoms with Crippen LogP contribution in [0.15, 0.2) is 36.5 Å². The van der Waals surface area contributed by atoms with Gasteiger partial charge < -0.3 is 14.8 Å². The molecule has 2 aromatic carbocycles. The molecule has 6 nitrogen and oxygen atoms in total. The van der Waals surface area contributed by atoms with Crippen molar-refractivity contribution in [3.05, 3.63) is 70.9 Å². The third-order valence-electron chi connectivity index (χ3n) is 4.05. The van der Waals surface area contributed by atoms with E-state index in [0.717, 1.165) is 16.8 Å². The van der Waals surface area contributed by atoms with Crippen molar-refractivity contribution in [2.24, 2.45) is 0 Å². The number of halogens is 6. The number of rotatable bonds is 7. The molecule has 3 rings (SSSR count). The number of methoxy groups -OCH3 is 1. The molecular weight excluding hydrogens is 432 g/mol. The molecule has 0 aliphatic carbocycles. The van der Waals surface area contributed by atoms with E-state index < -0.39 is 47.9 Å². The Morgan fingerprint density at radius 3 is 2.35 bits per heavy atom. The van der Waals surface area contributed by atoms with Crippen molar-refractivity contribution in [3.63, 3.8) is 0 Å². The van der Waals surface area contributed by atoms with Crippen LogP contribution >= 0.6 is 0 Å². The Morgan fingerprint density at radius 1 is 1.06 bits per heavy atom. The Kier molecular flexibility index (Phi) is 6.37. The van der Waals surface area contributed by atoms with Crippen LogP contribution in [0.25, 0.3) is 0 Å². The summed E-state index contributed by atoms with van der Waals surface area (Å²) in [6, 6.07) is 4.84. The fraction of sp³-hybridized carbons (Fsp3) is 0.158. The van der Waals surface area contributed by atoms with Crippen LogP contribution in [0.1, 0.15) is 15.9 Å². The van der Waals surface area contributed by atoms with E-state index in [1.54, 1.807) is 0 Å². The van der Waals surface area contributed by atoms with Crippen molar-refractivity contribution >= 4 is 11.7 Å². The number of amides is 1. The monoisotopic (exact) mass is 445 g/mol. The van der Waals surface area contributed by atoms with E-state index >= 15 is 0 Å². The number of nitrogens with one attached hydrogen (secondary N) is 1. The van der Waals surface area contributed by atoms with Gasteiger partial charge in [-0.05, 0) is 18.2 Å². The molecule has 1 aromatic heterocycles. The molecule has 31 heavy (non-hydrogen) atoms. The summed E-state index contributed by atoms with van der Waals surface area (Å²) in [5, 5.41) is 6.24. The van der Waals surface area contributed by atoms with Crippen molar-refractivity contribution in [1.29, 1.82) is 0 Å². The number of aromatic nitrogens is 2. The summed E-state index contributed by atoms with van der Waals surface area (Å²) in [6.45, 7) is -3.73. The fourth-order valence-corrected chi connectivity index (χ4v) is 2.63. The van der Waals surface area contributed by atoms with Crippen molar-refractivity contribution in [2.75, 3.05) is 12.4 Å². The first kappa shape index (κ1) is 22.0. The summed E-state index contributed by atoms with van der Waals surface area (Å²) in [5.74, 6) is -7.36. The number of alkyl halides is 2.